The van der Waals surface area contributed by atoms with Crippen LogP contribution in [0.2, 0.25) is 0 Å². The molecule has 2 heterocycles. The molecule has 0 aromatic heterocycles. The van der Waals surface area contributed by atoms with E-state index in [2.05, 4.69) is 90.4 Å². The van der Waals surface area contributed by atoms with Crippen LogP contribution < -0.4 is 9.47 Å². The van der Waals surface area contributed by atoms with Crippen LogP contribution in [0.1, 0.15) is 72.2 Å². The number of ether oxygens (including phenoxy) is 4. The van der Waals surface area contributed by atoms with Crippen molar-refractivity contribution in [2.75, 3.05) is 26.4 Å². The maximum absolute atomic E-state index is 9.96. The average Bonchev–Trinajstić information content (AvgIpc) is 4.09. The zero-order chi connectivity index (χ0) is 38.9. The van der Waals surface area contributed by atoms with E-state index in [4.69, 9.17) is 18.9 Å². The van der Waals surface area contributed by atoms with Crippen LogP contribution in [0.4, 0.5) is 0 Å². The van der Waals surface area contributed by atoms with Crippen molar-refractivity contribution < 1.29 is 29.2 Å². The molecule has 4 aromatic carbocycles. The van der Waals surface area contributed by atoms with Gasteiger partial charge < -0.3 is 29.2 Å². The van der Waals surface area contributed by atoms with Crippen molar-refractivity contribution in [1.82, 2.24) is 0 Å². The van der Waals surface area contributed by atoms with Crippen molar-refractivity contribution in [2.45, 2.75) is 76.4 Å². The van der Waals surface area contributed by atoms with E-state index >= 15 is 0 Å². The van der Waals surface area contributed by atoms with Gasteiger partial charge in [-0.3, -0.25) is 0 Å². The molecule has 0 aliphatic carbocycles. The number of rotatable bonds is 18. The van der Waals surface area contributed by atoms with Crippen molar-refractivity contribution in [3.8, 4) is 23.0 Å². The van der Waals surface area contributed by atoms with Crippen LogP contribution in [0.5, 0.6) is 23.0 Å². The Morgan fingerprint density at radius 2 is 0.833 bits per heavy atom. The van der Waals surface area contributed by atoms with E-state index in [1.165, 1.54) is 11.1 Å². The SMILES string of the molecule is C=CCc1cc(C(C)(C)c2ccc(O)c(CC=C)c2)ccc1O.C=CCc1cc(C(C)(C)c2ccc(OCC3CO3)c(CC=C)c2)ccc1OCC1CO1. The minimum Gasteiger partial charge on any atom is -0.508 e. The Morgan fingerprint density at radius 1 is 0.537 bits per heavy atom. The average molecular weight is 729 g/mol. The summed E-state index contributed by atoms with van der Waals surface area (Å²) >= 11 is 0. The Hall–Kier alpha value is -5.04. The van der Waals surface area contributed by atoms with E-state index in [0.29, 0.717) is 37.6 Å². The summed E-state index contributed by atoms with van der Waals surface area (Å²) < 4.78 is 22.5. The topological polar surface area (TPSA) is 84.0 Å². The van der Waals surface area contributed by atoms with Gasteiger partial charge in [-0.05, 0) is 94.5 Å². The van der Waals surface area contributed by atoms with Crippen molar-refractivity contribution in [3.63, 3.8) is 0 Å². The van der Waals surface area contributed by atoms with E-state index in [-0.39, 0.29) is 23.0 Å². The lowest BCUT2D eigenvalue weighted by molar-refractivity contribution is 0.261. The molecule has 2 unspecified atom stereocenters. The lowest BCUT2D eigenvalue weighted by Gasteiger charge is -2.28. The van der Waals surface area contributed by atoms with Crippen molar-refractivity contribution in [1.29, 1.82) is 0 Å². The number of benzene rings is 4. The van der Waals surface area contributed by atoms with Gasteiger partial charge in [-0.1, -0.05) is 101 Å². The highest BCUT2D eigenvalue weighted by atomic mass is 16.6. The molecule has 6 heteroatoms. The molecule has 2 saturated heterocycles. The van der Waals surface area contributed by atoms with E-state index in [9.17, 15) is 10.2 Å². The second kappa shape index (κ2) is 17.9. The summed E-state index contributed by atoms with van der Waals surface area (Å²) in [6.07, 6.45) is 10.7. The van der Waals surface area contributed by atoms with Gasteiger partial charge >= 0.3 is 0 Å². The van der Waals surface area contributed by atoms with Crippen molar-refractivity contribution in [3.05, 3.63) is 168 Å². The number of hydrogen-bond acceptors (Lipinski definition) is 6. The minimum absolute atomic E-state index is 0.178. The molecule has 2 atom stereocenters. The second-order valence-electron chi connectivity index (χ2n) is 15.1. The number of phenolic OH excluding ortho intramolecular Hbond substituents is 2. The first-order chi connectivity index (χ1) is 25.9. The highest BCUT2D eigenvalue weighted by Gasteiger charge is 2.28. The van der Waals surface area contributed by atoms with Crippen LogP contribution in [0.15, 0.2) is 123 Å². The molecular formula is C48H56O6. The number of aromatic hydroxyl groups is 2. The van der Waals surface area contributed by atoms with Gasteiger partial charge in [0.15, 0.2) is 0 Å². The van der Waals surface area contributed by atoms with Gasteiger partial charge in [0.1, 0.15) is 48.4 Å². The molecule has 2 N–H and O–H groups in total. The third-order valence-corrected chi connectivity index (χ3v) is 10.3. The Labute approximate surface area is 322 Å². The fourth-order valence-corrected chi connectivity index (χ4v) is 6.46. The number of epoxide rings is 2. The van der Waals surface area contributed by atoms with Crippen LogP contribution in [-0.4, -0.2) is 48.8 Å². The third-order valence-electron chi connectivity index (χ3n) is 10.3. The molecule has 54 heavy (non-hydrogen) atoms. The van der Waals surface area contributed by atoms with Gasteiger partial charge in [-0.25, -0.2) is 0 Å². The van der Waals surface area contributed by atoms with Gasteiger partial charge in [-0.15, -0.1) is 26.3 Å². The summed E-state index contributed by atoms with van der Waals surface area (Å²) in [5.41, 5.74) is 8.33. The highest BCUT2D eigenvalue weighted by Crippen LogP contribution is 2.38. The summed E-state index contributed by atoms with van der Waals surface area (Å²) in [5.74, 6) is 2.41. The van der Waals surface area contributed by atoms with E-state index in [1.54, 1.807) is 24.3 Å². The molecule has 2 aliphatic rings. The lowest BCUT2D eigenvalue weighted by Crippen LogP contribution is -2.20. The maximum Gasteiger partial charge on any atom is 0.122 e. The van der Waals surface area contributed by atoms with Gasteiger partial charge in [0.05, 0.1) is 13.2 Å². The molecule has 6 nitrogen and oxygen atoms in total. The largest absolute Gasteiger partial charge is 0.508 e. The van der Waals surface area contributed by atoms with Gasteiger partial charge in [0, 0.05) is 10.8 Å². The fourth-order valence-electron chi connectivity index (χ4n) is 6.46. The summed E-state index contributed by atoms with van der Waals surface area (Å²) in [5, 5.41) is 19.9. The van der Waals surface area contributed by atoms with Crippen LogP contribution in [0.25, 0.3) is 0 Å². The maximum atomic E-state index is 9.96. The molecule has 2 aliphatic heterocycles. The molecule has 0 saturated carbocycles. The molecule has 0 radical (unpaired) electrons. The lowest BCUT2D eigenvalue weighted by atomic mass is 9.76. The number of phenols is 2. The summed E-state index contributed by atoms with van der Waals surface area (Å²) in [6.45, 7) is 26.9. The molecular weight excluding hydrogens is 673 g/mol. The van der Waals surface area contributed by atoms with E-state index in [0.717, 1.165) is 70.9 Å². The zero-order valence-electron chi connectivity index (χ0n) is 32.4. The zero-order valence-corrected chi connectivity index (χ0v) is 32.4. The number of hydrogen-bond donors (Lipinski definition) is 2. The first-order valence-corrected chi connectivity index (χ1v) is 18.7. The van der Waals surface area contributed by atoms with E-state index in [1.807, 2.05) is 36.4 Å². The van der Waals surface area contributed by atoms with Gasteiger partial charge in [-0.2, -0.15) is 0 Å². The quantitative estimate of drug-likeness (QED) is 0.0784. The smallest absolute Gasteiger partial charge is 0.122 e. The second-order valence-corrected chi connectivity index (χ2v) is 15.1. The molecule has 284 valence electrons. The van der Waals surface area contributed by atoms with E-state index < -0.39 is 0 Å². The Bertz CT molecular complexity index is 1810. The molecule has 0 amide bonds. The van der Waals surface area contributed by atoms with Crippen molar-refractivity contribution >= 4 is 0 Å². The standard InChI is InChI=1S/C27H32O4.C21H24O2/c1-5-7-19-13-21(9-11-25(19)30-17-23-15-28-23)27(3,4)22-10-12-26(20(14-22)8-6-2)31-18-24-16-29-24;1-5-7-15-13-17(9-11-19(15)22)21(3,4)18-10-12-20(23)16(14-18)8-6-2/h5-6,9-14,23-24H,1-2,7-8,15-18H2,3-4H3;5-6,9-14,22-23H,1-2,7-8H2,3-4H3. The Morgan fingerprint density at radius 3 is 1.15 bits per heavy atom. The first kappa shape index (κ1) is 40.2. The Kier molecular flexibility index (Phi) is 13.3. The number of allylic oxidation sites excluding steroid dienone is 4. The molecule has 0 spiro atoms. The normalized spacial score (nSPS) is 16.0. The predicted octanol–water partition coefficient (Wildman–Crippen LogP) is 9.91. The predicted molar refractivity (Wildman–Crippen MR) is 219 cm³/mol. The third kappa shape index (κ3) is 10.1. The highest BCUT2D eigenvalue weighted by molar-refractivity contribution is 5.50. The first-order valence-electron chi connectivity index (χ1n) is 18.7. The van der Waals surface area contributed by atoms with Gasteiger partial charge in [0.25, 0.3) is 0 Å². The van der Waals surface area contributed by atoms with Crippen LogP contribution >= 0.6 is 0 Å². The summed E-state index contributed by atoms with van der Waals surface area (Å²) in [7, 11) is 0. The van der Waals surface area contributed by atoms with Crippen LogP contribution in [-0.2, 0) is 46.0 Å². The molecule has 2 fully saturated rings. The monoisotopic (exact) mass is 728 g/mol. The molecule has 6 rings (SSSR count). The van der Waals surface area contributed by atoms with Crippen molar-refractivity contribution in [2.24, 2.45) is 0 Å². The minimum atomic E-state index is -0.243. The van der Waals surface area contributed by atoms with Gasteiger partial charge in [0.2, 0.25) is 0 Å². The molecule has 0 bridgehead atoms. The van der Waals surface area contributed by atoms with Crippen LogP contribution in [0.3, 0.4) is 0 Å². The summed E-state index contributed by atoms with van der Waals surface area (Å²) in [6, 6.07) is 24.4. The Balaban J connectivity index is 0.000000218. The molecule has 4 aromatic rings. The summed E-state index contributed by atoms with van der Waals surface area (Å²) in [4.78, 5) is 0. The fraction of sp³-hybridized carbons (Fsp3) is 0.333. The van der Waals surface area contributed by atoms with Crippen LogP contribution in [0, 0.1) is 0 Å².